The predicted octanol–water partition coefficient (Wildman–Crippen LogP) is 1.25. The van der Waals surface area contributed by atoms with Crippen LogP contribution in [-0.4, -0.2) is 32.5 Å². The molecule has 0 fully saturated rings. The molecule has 1 aliphatic rings. The number of anilines is 1. The molecule has 1 aromatic carbocycles. The maximum atomic E-state index is 11.8. The van der Waals surface area contributed by atoms with Crippen LogP contribution in [0.2, 0.25) is 0 Å². The number of methoxy groups -OCH3 is 2. The summed E-state index contributed by atoms with van der Waals surface area (Å²) in [5.74, 6) is -0.120. The first-order valence-electron chi connectivity index (χ1n) is 5.26. The third kappa shape index (κ3) is 1.54. The van der Waals surface area contributed by atoms with Crippen molar-refractivity contribution >= 4 is 17.4 Å². The molecule has 0 saturated carbocycles. The molecule has 17 heavy (non-hydrogen) atoms. The van der Waals surface area contributed by atoms with E-state index in [4.69, 9.17) is 9.47 Å². The standard InChI is InChI=1S/C12H13NO4/c1-4-13-8-5-7(16-2)6-9(17-3)10(8)11(14)12(13)15/h5-6H,4H2,1-3H3. The predicted molar refractivity (Wildman–Crippen MR) is 61.9 cm³/mol. The number of benzene rings is 1. The highest BCUT2D eigenvalue weighted by molar-refractivity contribution is 6.53. The molecule has 2 rings (SSSR count). The van der Waals surface area contributed by atoms with Gasteiger partial charge >= 0.3 is 0 Å². The van der Waals surface area contributed by atoms with Crippen LogP contribution in [-0.2, 0) is 4.79 Å². The van der Waals surface area contributed by atoms with Crippen LogP contribution >= 0.6 is 0 Å². The molecule has 0 aliphatic carbocycles. The molecule has 0 saturated heterocycles. The molecule has 0 radical (unpaired) electrons. The van der Waals surface area contributed by atoms with Crippen LogP contribution in [0.15, 0.2) is 12.1 Å². The van der Waals surface area contributed by atoms with E-state index in [2.05, 4.69) is 0 Å². The monoisotopic (exact) mass is 235 g/mol. The Morgan fingerprint density at radius 3 is 2.41 bits per heavy atom. The third-order valence-electron chi connectivity index (χ3n) is 2.78. The number of ketones is 1. The first kappa shape index (κ1) is 11.4. The van der Waals surface area contributed by atoms with Gasteiger partial charge in [-0.05, 0) is 6.92 Å². The Labute approximate surface area is 98.9 Å². The average Bonchev–Trinajstić information content (AvgIpc) is 2.60. The van der Waals surface area contributed by atoms with Gasteiger partial charge in [-0.3, -0.25) is 9.59 Å². The van der Waals surface area contributed by atoms with Crippen LogP contribution in [0.3, 0.4) is 0 Å². The fourth-order valence-corrected chi connectivity index (χ4v) is 1.95. The molecule has 0 N–H and O–H groups in total. The lowest BCUT2D eigenvalue weighted by molar-refractivity contribution is -0.114. The lowest BCUT2D eigenvalue weighted by Gasteiger charge is -2.15. The van der Waals surface area contributed by atoms with Crippen LogP contribution in [0.1, 0.15) is 17.3 Å². The lowest BCUT2D eigenvalue weighted by Crippen LogP contribution is -2.29. The Morgan fingerprint density at radius 1 is 1.18 bits per heavy atom. The summed E-state index contributed by atoms with van der Waals surface area (Å²) < 4.78 is 10.2. The molecule has 0 bridgehead atoms. The van der Waals surface area contributed by atoms with E-state index in [0.717, 1.165) is 0 Å². The topological polar surface area (TPSA) is 55.8 Å². The van der Waals surface area contributed by atoms with Crippen LogP contribution in [0.5, 0.6) is 11.5 Å². The van der Waals surface area contributed by atoms with E-state index in [1.807, 2.05) is 6.92 Å². The Bertz CT molecular complexity index is 496. The van der Waals surface area contributed by atoms with Crippen molar-refractivity contribution in [2.45, 2.75) is 6.92 Å². The molecule has 5 nitrogen and oxygen atoms in total. The highest BCUT2D eigenvalue weighted by atomic mass is 16.5. The average molecular weight is 235 g/mol. The molecule has 0 unspecified atom stereocenters. The molecule has 1 amide bonds. The smallest absolute Gasteiger partial charge is 0.299 e. The van der Waals surface area contributed by atoms with Crippen LogP contribution in [0.25, 0.3) is 0 Å². The van der Waals surface area contributed by atoms with Crippen molar-refractivity contribution < 1.29 is 19.1 Å². The first-order chi connectivity index (χ1) is 8.13. The van der Waals surface area contributed by atoms with Gasteiger partial charge in [0.1, 0.15) is 11.5 Å². The molecule has 1 heterocycles. The van der Waals surface area contributed by atoms with Gasteiger partial charge in [0.05, 0.1) is 25.5 Å². The summed E-state index contributed by atoms with van der Waals surface area (Å²) in [4.78, 5) is 25.0. The van der Waals surface area contributed by atoms with E-state index in [0.29, 0.717) is 29.3 Å². The zero-order valence-corrected chi connectivity index (χ0v) is 9.94. The van der Waals surface area contributed by atoms with E-state index in [9.17, 15) is 9.59 Å². The summed E-state index contributed by atoms with van der Waals surface area (Å²) in [6, 6.07) is 3.27. The number of fused-ring (bicyclic) bond motifs is 1. The van der Waals surface area contributed by atoms with E-state index < -0.39 is 11.7 Å². The zero-order chi connectivity index (χ0) is 12.6. The van der Waals surface area contributed by atoms with Gasteiger partial charge in [0.2, 0.25) is 0 Å². The second-order valence-corrected chi connectivity index (χ2v) is 3.60. The minimum atomic E-state index is -0.527. The van der Waals surface area contributed by atoms with Gasteiger partial charge in [-0.1, -0.05) is 0 Å². The third-order valence-corrected chi connectivity index (χ3v) is 2.78. The SMILES string of the molecule is CCN1C(=O)C(=O)c2c(OC)cc(OC)cc21. The number of hydrogen-bond acceptors (Lipinski definition) is 4. The van der Waals surface area contributed by atoms with Gasteiger partial charge < -0.3 is 14.4 Å². The number of rotatable bonds is 3. The number of hydrogen-bond donors (Lipinski definition) is 0. The summed E-state index contributed by atoms with van der Waals surface area (Å²) in [6.07, 6.45) is 0. The van der Waals surface area contributed by atoms with Crippen molar-refractivity contribution in [2.75, 3.05) is 25.7 Å². The van der Waals surface area contributed by atoms with Crippen molar-refractivity contribution in [1.29, 1.82) is 0 Å². The minimum absolute atomic E-state index is 0.320. The molecule has 90 valence electrons. The van der Waals surface area contributed by atoms with Crippen LogP contribution in [0.4, 0.5) is 5.69 Å². The van der Waals surface area contributed by atoms with Crippen molar-refractivity contribution in [1.82, 2.24) is 0 Å². The van der Waals surface area contributed by atoms with Gasteiger partial charge in [0.15, 0.2) is 0 Å². The summed E-state index contributed by atoms with van der Waals surface area (Å²) in [5.41, 5.74) is 0.874. The number of nitrogens with zero attached hydrogens (tertiary/aromatic N) is 1. The first-order valence-corrected chi connectivity index (χ1v) is 5.26. The highest BCUT2D eigenvalue weighted by Gasteiger charge is 2.38. The molecule has 0 atom stereocenters. The van der Waals surface area contributed by atoms with E-state index in [-0.39, 0.29) is 0 Å². The second-order valence-electron chi connectivity index (χ2n) is 3.60. The normalized spacial score (nSPS) is 13.9. The number of carbonyl (C=O) groups is 2. The maximum absolute atomic E-state index is 11.8. The summed E-state index contributed by atoms with van der Waals surface area (Å²) >= 11 is 0. The van der Waals surface area contributed by atoms with E-state index >= 15 is 0 Å². The molecule has 5 heteroatoms. The summed E-state index contributed by atoms with van der Waals surface area (Å²) in [7, 11) is 2.98. The van der Waals surface area contributed by atoms with Crippen molar-refractivity contribution in [3.63, 3.8) is 0 Å². The van der Waals surface area contributed by atoms with Gasteiger partial charge in [0.25, 0.3) is 11.7 Å². The summed E-state index contributed by atoms with van der Waals surface area (Å²) in [6.45, 7) is 2.25. The van der Waals surface area contributed by atoms with Crippen molar-refractivity contribution in [2.24, 2.45) is 0 Å². The number of carbonyl (C=O) groups excluding carboxylic acids is 2. The van der Waals surface area contributed by atoms with Crippen molar-refractivity contribution in [3.05, 3.63) is 17.7 Å². The second kappa shape index (κ2) is 4.08. The lowest BCUT2D eigenvalue weighted by atomic mass is 10.1. The number of amides is 1. The minimum Gasteiger partial charge on any atom is -0.497 e. The number of ether oxygens (including phenoxy) is 2. The number of likely N-dealkylation sites (N-methyl/N-ethyl adjacent to an activating group) is 1. The maximum Gasteiger partial charge on any atom is 0.299 e. The van der Waals surface area contributed by atoms with Crippen LogP contribution < -0.4 is 14.4 Å². The molecule has 1 aliphatic heterocycles. The Kier molecular flexibility index (Phi) is 2.75. The fraction of sp³-hybridized carbons (Fsp3) is 0.333. The zero-order valence-electron chi connectivity index (χ0n) is 9.94. The molecule has 1 aromatic rings. The Hall–Kier alpha value is -2.04. The Morgan fingerprint density at radius 2 is 1.88 bits per heavy atom. The largest absolute Gasteiger partial charge is 0.497 e. The number of Topliss-reactive ketones (excluding diaryl/α,β-unsaturated/α-hetero) is 1. The van der Waals surface area contributed by atoms with Gasteiger partial charge in [-0.25, -0.2) is 0 Å². The highest BCUT2D eigenvalue weighted by Crippen LogP contribution is 2.39. The molecule has 0 aromatic heterocycles. The van der Waals surface area contributed by atoms with E-state index in [1.165, 1.54) is 19.1 Å². The Balaban J connectivity index is 2.67. The van der Waals surface area contributed by atoms with Gasteiger partial charge in [-0.2, -0.15) is 0 Å². The van der Waals surface area contributed by atoms with E-state index in [1.54, 1.807) is 12.1 Å². The van der Waals surface area contributed by atoms with Crippen molar-refractivity contribution in [3.8, 4) is 11.5 Å². The quantitative estimate of drug-likeness (QED) is 0.740. The summed E-state index contributed by atoms with van der Waals surface area (Å²) in [5, 5.41) is 0. The molecular weight excluding hydrogens is 222 g/mol. The molecule has 0 spiro atoms. The van der Waals surface area contributed by atoms with Crippen LogP contribution in [0, 0.1) is 0 Å². The van der Waals surface area contributed by atoms with Gasteiger partial charge in [-0.15, -0.1) is 0 Å². The molecular formula is C12H13NO4. The van der Waals surface area contributed by atoms with Gasteiger partial charge in [0, 0.05) is 18.7 Å². The fourth-order valence-electron chi connectivity index (χ4n) is 1.95.